The van der Waals surface area contributed by atoms with E-state index in [-0.39, 0.29) is 16.2 Å². The summed E-state index contributed by atoms with van der Waals surface area (Å²) in [6.45, 7) is 19.7. The Labute approximate surface area is 171 Å². The predicted molar refractivity (Wildman–Crippen MR) is 121 cm³/mol. The number of benzene rings is 2. The molecule has 0 aromatic heterocycles. The molecule has 2 rings (SSSR count). The molecular formula is C25H36N2O. The minimum absolute atomic E-state index is 0.0300. The summed E-state index contributed by atoms with van der Waals surface area (Å²) in [5.41, 5.74) is 5.31. The number of hydrogen-bond acceptors (Lipinski definition) is 2. The minimum Gasteiger partial charge on any atom is -0.283 e. The van der Waals surface area contributed by atoms with Crippen molar-refractivity contribution < 1.29 is 5.21 Å². The molecule has 0 heterocycles. The van der Waals surface area contributed by atoms with Gasteiger partial charge in [-0.05, 0) is 51.1 Å². The first-order valence-corrected chi connectivity index (χ1v) is 9.97. The van der Waals surface area contributed by atoms with Crippen LogP contribution in [0.1, 0.15) is 79.0 Å². The minimum atomic E-state index is -0.0300. The molecule has 2 aromatic rings. The Hall–Kier alpha value is -2.13. The van der Waals surface area contributed by atoms with Gasteiger partial charge in [0.05, 0.1) is 11.4 Å². The summed E-state index contributed by atoms with van der Waals surface area (Å²) >= 11 is 0. The van der Waals surface area contributed by atoms with Gasteiger partial charge in [-0.2, -0.15) is 0 Å². The molecular weight excluding hydrogens is 344 g/mol. The topological polar surface area (TPSA) is 35.8 Å². The van der Waals surface area contributed by atoms with E-state index in [2.05, 4.69) is 85.5 Å². The zero-order valence-electron chi connectivity index (χ0n) is 19.0. The molecule has 28 heavy (non-hydrogen) atoms. The summed E-state index contributed by atoms with van der Waals surface area (Å²) in [6, 6.07) is 14.4. The maximum absolute atomic E-state index is 10.5. The zero-order chi connectivity index (χ0) is 21.3. The van der Waals surface area contributed by atoms with Crippen LogP contribution in [0.3, 0.4) is 0 Å². The third kappa shape index (κ3) is 5.45. The van der Waals surface area contributed by atoms with Crippen molar-refractivity contribution in [1.82, 2.24) is 0 Å². The molecule has 0 saturated heterocycles. The molecule has 3 nitrogen and oxygen atoms in total. The summed E-state index contributed by atoms with van der Waals surface area (Å²) in [5.74, 6) is 0. The van der Waals surface area contributed by atoms with Crippen molar-refractivity contribution in [1.29, 1.82) is 0 Å². The van der Waals surface area contributed by atoms with Crippen molar-refractivity contribution in [3.05, 3.63) is 59.2 Å². The quantitative estimate of drug-likeness (QED) is 0.349. The van der Waals surface area contributed by atoms with Crippen molar-refractivity contribution in [2.45, 2.75) is 78.6 Å². The van der Waals surface area contributed by atoms with Gasteiger partial charge in [-0.25, -0.2) is 10.1 Å². The smallest absolute Gasteiger partial charge is 0.122 e. The molecule has 0 radical (unpaired) electrons. The number of nitrogens with zero attached hydrogens (tertiary/aromatic N) is 2. The van der Waals surface area contributed by atoms with E-state index in [1.165, 1.54) is 17.5 Å². The van der Waals surface area contributed by atoms with Crippen molar-refractivity contribution in [3.63, 3.8) is 0 Å². The summed E-state index contributed by atoms with van der Waals surface area (Å²) in [7, 11) is 0. The van der Waals surface area contributed by atoms with Crippen molar-refractivity contribution in [2.75, 3.05) is 5.06 Å². The Morgan fingerprint density at radius 2 is 1.21 bits per heavy atom. The normalized spacial score (nSPS) is 13.2. The Kier molecular flexibility index (Phi) is 6.10. The predicted octanol–water partition coefficient (Wildman–Crippen LogP) is 7.13. The summed E-state index contributed by atoms with van der Waals surface area (Å²) in [5, 5.41) is 11.6. The fourth-order valence-electron chi connectivity index (χ4n) is 3.04. The van der Waals surface area contributed by atoms with Crippen LogP contribution >= 0.6 is 0 Å². The van der Waals surface area contributed by atoms with Gasteiger partial charge in [-0.3, -0.25) is 5.21 Å². The SMILES string of the molecule is CC(C)(C)c1ccc(N(O)C=Nc2cc(C(C)(C)C)ccc2C(C)(C)C)cc1. The van der Waals surface area contributed by atoms with Gasteiger partial charge >= 0.3 is 0 Å². The number of hydrogen-bond donors (Lipinski definition) is 1. The molecule has 0 spiro atoms. The summed E-state index contributed by atoms with van der Waals surface area (Å²) < 4.78 is 0. The second kappa shape index (κ2) is 7.71. The maximum Gasteiger partial charge on any atom is 0.122 e. The Morgan fingerprint density at radius 1 is 0.714 bits per heavy atom. The molecule has 3 heteroatoms. The summed E-state index contributed by atoms with van der Waals surface area (Å²) in [6.07, 6.45) is 1.49. The highest BCUT2D eigenvalue weighted by molar-refractivity contribution is 5.79. The van der Waals surface area contributed by atoms with Gasteiger partial charge < -0.3 is 0 Å². The molecule has 1 N–H and O–H groups in total. The Balaban J connectivity index is 2.36. The molecule has 0 amide bonds. The number of anilines is 1. The van der Waals surface area contributed by atoms with Crippen LogP contribution in [0.5, 0.6) is 0 Å². The van der Waals surface area contributed by atoms with Crippen molar-refractivity contribution in [2.24, 2.45) is 4.99 Å². The third-order valence-corrected chi connectivity index (χ3v) is 4.98. The molecule has 0 aliphatic heterocycles. The van der Waals surface area contributed by atoms with Gasteiger partial charge in [0.2, 0.25) is 0 Å². The van der Waals surface area contributed by atoms with E-state index >= 15 is 0 Å². The standard InChI is InChI=1S/C25H36N2O/c1-23(2,3)18-10-13-20(14-11-18)27(28)17-26-22-16-19(24(4,5)6)12-15-21(22)25(7,8)9/h10-17,28H,1-9H3. The number of aliphatic imine (C=N–C) groups is 1. The van der Waals surface area contributed by atoms with Crippen LogP contribution in [-0.4, -0.2) is 11.5 Å². The summed E-state index contributed by atoms with van der Waals surface area (Å²) in [4.78, 5) is 4.65. The molecule has 0 aliphatic rings. The van der Waals surface area contributed by atoms with Crippen LogP contribution in [0.4, 0.5) is 11.4 Å². The molecule has 0 atom stereocenters. The van der Waals surface area contributed by atoms with Crippen LogP contribution in [0.25, 0.3) is 0 Å². The van der Waals surface area contributed by atoms with E-state index < -0.39 is 0 Å². The highest BCUT2D eigenvalue weighted by atomic mass is 16.5. The van der Waals surface area contributed by atoms with Crippen LogP contribution in [0.15, 0.2) is 47.5 Å². The largest absolute Gasteiger partial charge is 0.283 e. The lowest BCUT2D eigenvalue weighted by atomic mass is 9.81. The molecule has 2 aromatic carbocycles. The average molecular weight is 381 g/mol. The second-order valence-corrected chi connectivity index (χ2v) is 10.6. The number of rotatable bonds is 3. The molecule has 0 saturated carbocycles. The highest BCUT2D eigenvalue weighted by Crippen LogP contribution is 2.35. The third-order valence-electron chi connectivity index (χ3n) is 4.98. The second-order valence-electron chi connectivity index (χ2n) is 10.6. The van der Waals surface area contributed by atoms with E-state index in [4.69, 9.17) is 0 Å². The monoisotopic (exact) mass is 380 g/mol. The first-order valence-electron chi connectivity index (χ1n) is 9.97. The van der Waals surface area contributed by atoms with Crippen LogP contribution < -0.4 is 5.06 Å². The van der Waals surface area contributed by atoms with Gasteiger partial charge in [0, 0.05) is 0 Å². The van der Waals surface area contributed by atoms with Gasteiger partial charge in [-0.15, -0.1) is 0 Å². The number of hydroxylamine groups is 1. The molecule has 0 unspecified atom stereocenters. The first-order chi connectivity index (χ1) is 12.7. The van der Waals surface area contributed by atoms with Crippen molar-refractivity contribution in [3.8, 4) is 0 Å². The van der Waals surface area contributed by atoms with E-state index in [0.717, 1.165) is 16.3 Å². The van der Waals surface area contributed by atoms with Gasteiger partial charge in [0.1, 0.15) is 6.34 Å². The lowest BCUT2D eigenvalue weighted by Gasteiger charge is -2.25. The van der Waals surface area contributed by atoms with E-state index in [0.29, 0.717) is 5.69 Å². The highest BCUT2D eigenvalue weighted by Gasteiger charge is 2.21. The molecule has 152 valence electrons. The Morgan fingerprint density at radius 3 is 1.68 bits per heavy atom. The van der Waals surface area contributed by atoms with E-state index in [1.54, 1.807) is 0 Å². The van der Waals surface area contributed by atoms with Crippen LogP contribution in [-0.2, 0) is 16.2 Å². The van der Waals surface area contributed by atoms with Crippen LogP contribution in [0.2, 0.25) is 0 Å². The Bertz CT molecular complexity index is 829. The molecule has 0 fully saturated rings. The van der Waals surface area contributed by atoms with Gasteiger partial charge in [-0.1, -0.05) is 86.6 Å². The fraction of sp³-hybridized carbons (Fsp3) is 0.480. The van der Waals surface area contributed by atoms with Crippen molar-refractivity contribution >= 4 is 17.7 Å². The average Bonchev–Trinajstić information content (AvgIpc) is 2.57. The van der Waals surface area contributed by atoms with E-state index in [9.17, 15) is 5.21 Å². The van der Waals surface area contributed by atoms with Gasteiger partial charge in [0.15, 0.2) is 0 Å². The lowest BCUT2D eigenvalue weighted by molar-refractivity contribution is 0.317. The van der Waals surface area contributed by atoms with Gasteiger partial charge in [0.25, 0.3) is 0 Å². The first kappa shape index (κ1) is 22.2. The zero-order valence-corrected chi connectivity index (χ0v) is 19.0. The molecule has 0 aliphatic carbocycles. The van der Waals surface area contributed by atoms with Crippen LogP contribution in [0, 0.1) is 0 Å². The fourth-order valence-corrected chi connectivity index (χ4v) is 3.04. The lowest BCUT2D eigenvalue weighted by Crippen LogP contribution is -2.17. The molecule has 0 bridgehead atoms. The maximum atomic E-state index is 10.5. The van der Waals surface area contributed by atoms with E-state index in [1.807, 2.05) is 24.3 Å².